The number of hydrogen-bond donors (Lipinski definition) is 0. The molecule has 0 radical (unpaired) electrons. The second-order valence-electron chi connectivity index (χ2n) is 9.00. The van der Waals surface area contributed by atoms with Crippen LogP contribution >= 0.6 is 23.2 Å². The van der Waals surface area contributed by atoms with Crippen molar-refractivity contribution < 1.29 is 17.7 Å². The van der Waals surface area contributed by atoms with Gasteiger partial charge in [-0.1, -0.05) is 56.7 Å². The van der Waals surface area contributed by atoms with Gasteiger partial charge in [0.05, 0.1) is 25.4 Å². The maximum atomic E-state index is 12.9. The molecule has 2 nitrogen and oxygen atoms in total. The number of alkyl halides is 3. The lowest BCUT2D eigenvalue weighted by atomic mass is 9.08. The molecule has 2 aromatic rings. The number of halogens is 5. The highest BCUT2D eigenvalue weighted by atomic mass is 35.5. The van der Waals surface area contributed by atoms with Gasteiger partial charge in [-0.25, -0.2) is 5.98 Å². The fourth-order valence-electron chi connectivity index (χ4n) is 6.31. The van der Waals surface area contributed by atoms with Gasteiger partial charge in [0.2, 0.25) is 0 Å². The number of benzene rings is 1. The smallest absolute Gasteiger partial charge is 0.256 e. The van der Waals surface area contributed by atoms with Crippen molar-refractivity contribution in [3.8, 4) is 0 Å². The minimum Gasteiger partial charge on any atom is -0.256 e. The van der Waals surface area contributed by atoms with Crippen LogP contribution < -0.4 is 10.3 Å². The molecule has 4 rings (SSSR count). The van der Waals surface area contributed by atoms with E-state index in [1.54, 1.807) is 12.1 Å². The van der Waals surface area contributed by atoms with Gasteiger partial charge in [0.1, 0.15) is 6.15 Å². The normalized spacial score (nSPS) is 27.0. The van der Waals surface area contributed by atoms with E-state index in [0.29, 0.717) is 21.9 Å². The monoisotopic (exact) mass is 456 g/mol. The first-order chi connectivity index (χ1) is 14.2. The molecule has 0 aliphatic carbocycles. The minimum absolute atomic E-state index is 0.523. The molecule has 0 atom stereocenters. The number of imidazole rings is 1. The number of aromatic nitrogens is 2. The van der Waals surface area contributed by atoms with Crippen molar-refractivity contribution in [2.75, 3.05) is 0 Å². The van der Waals surface area contributed by atoms with Crippen molar-refractivity contribution >= 4 is 41.1 Å². The van der Waals surface area contributed by atoms with Crippen LogP contribution in [0.15, 0.2) is 30.2 Å². The maximum absolute atomic E-state index is 12.9. The molecule has 0 amide bonds. The summed E-state index contributed by atoms with van der Waals surface area (Å²) in [5, 5.41) is 1.06. The number of nitrogens with zero attached hydrogens (tertiary/aromatic N) is 2. The molecular formula is C22H26BCl2F3N2. The molecule has 2 aliphatic heterocycles. The van der Waals surface area contributed by atoms with Crippen LogP contribution in [0.4, 0.5) is 13.2 Å². The first-order valence-corrected chi connectivity index (χ1v) is 11.4. The summed E-state index contributed by atoms with van der Waals surface area (Å²) in [6.07, 6.45) is 3.67. The van der Waals surface area contributed by atoms with Gasteiger partial charge in [-0.05, 0) is 40.9 Å². The van der Waals surface area contributed by atoms with Gasteiger partial charge < -0.3 is 0 Å². The van der Waals surface area contributed by atoms with Gasteiger partial charge in [-0.3, -0.25) is 9.13 Å². The first-order valence-electron chi connectivity index (χ1n) is 10.6. The third-order valence-corrected chi connectivity index (χ3v) is 8.56. The predicted molar refractivity (Wildman–Crippen MR) is 118 cm³/mol. The van der Waals surface area contributed by atoms with Gasteiger partial charge in [0.15, 0.2) is 0 Å². The van der Waals surface area contributed by atoms with Crippen LogP contribution in [0.5, 0.6) is 0 Å². The van der Waals surface area contributed by atoms with Gasteiger partial charge in [0, 0.05) is 0 Å². The summed E-state index contributed by atoms with van der Waals surface area (Å²) in [6, 6.07) is 5.40. The Labute approximate surface area is 185 Å². The average Bonchev–Trinajstić information content (AvgIpc) is 2.88. The predicted octanol–water partition coefficient (Wildman–Crippen LogP) is 6.19. The SMILES string of the molecule is Cn1c(Cl)c(Cl)[n+](C)c1[B-]1(/C=C\c2ccc(C(F)(F)F)cc2)C2CCCC1CCC2. The Morgan fingerprint density at radius 3 is 2.00 bits per heavy atom. The van der Waals surface area contributed by atoms with Crippen molar-refractivity contribution in [1.82, 2.24) is 4.57 Å². The molecule has 8 heteroatoms. The van der Waals surface area contributed by atoms with Crippen LogP contribution in [0.1, 0.15) is 49.7 Å². The first kappa shape index (κ1) is 21.8. The van der Waals surface area contributed by atoms with E-state index in [0.717, 1.165) is 49.1 Å². The Morgan fingerprint density at radius 2 is 1.57 bits per heavy atom. The Morgan fingerprint density at radius 1 is 1.03 bits per heavy atom. The van der Waals surface area contributed by atoms with E-state index < -0.39 is 17.9 Å². The average molecular weight is 457 g/mol. The number of rotatable bonds is 3. The van der Waals surface area contributed by atoms with E-state index in [1.165, 1.54) is 12.8 Å². The van der Waals surface area contributed by atoms with E-state index in [-0.39, 0.29) is 0 Å². The summed E-state index contributed by atoms with van der Waals surface area (Å²) in [7, 11) is 3.92. The molecule has 2 saturated heterocycles. The molecular weight excluding hydrogens is 431 g/mol. The number of fused-ring (bicyclic) bond motifs is 2. The van der Waals surface area contributed by atoms with Crippen molar-refractivity contribution in [1.29, 1.82) is 0 Å². The lowest BCUT2D eigenvalue weighted by Crippen LogP contribution is -2.69. The Kier molecular flexibility index (Phi) is 5.78. The second kappa shape index (κ2) is 7.94. The van der Waals surface area contributed by atoms with Gasteiger partial charge >= 0.3 is 6.18 Å². The zero-order valence-electron chi connectivity index (χ0n) is 17.2. The fourth-order valence-corrected chi connectivity index (χ4v) is 6.74. The van der Waals surface area contributed by atoms with Crippen LogP contribution in [0.2, 0.25) is 21.9 Å². The summed E-state index contributed by atoms with van der Waals surface area (Å²) in [6.45, 7) is 0. The second-order valence-corrected chi connectivity index (χ2v) is 9.71. The summed E-state index contributed by atoms with van der Waals surface area (Å²) >= 11 is 13.0. The molecule has 0 N–H and O–H groups in total. The van der Waals surface area contributed by atoms with Crippen LogP contribution in [0, 0.1) is 0 Å². The van der Waals surface area contributed by atoms with Gasteiger partial charge in [-0.15, -0.1) is 0 Å². The van der Waals surface area contributed by atoms with E-state index >= 15 is 0 Å². The largest absolute Gasteiger partial charge is 0.416 e. The lowest BCUT2D eigenvalue weighted by molar-refractivity contribution is -0.651. The highest BCUT2D eigenvalue weighted by Crippen LogP contribution is 2.53. The molecule has 1 aromatic carbocycles. The zero-order valence-corrected chi connectivity index (χ0v) is 18.7. The lowest BCUT2D eigenvalue weighted by Gasteiger charge is -2.55. The third-order valence-electron chi connectivity index (χ3n) is 7.60. The zero-order chi connectivity index (χ0) is 21.7. The molecule has 0 spiro atoms. The summed E-state index contributed by atoms with van der Waals surface area (Å²) < 4.78 is 42.8. The summed E-state index contributed by atoms with van der Waals surface area (Å²) in [5.41, 5.74) is 1.30. The molecule has 2 aliphatic rings. The van der Waals surface area contributed by atoms with Gasteiger partial charge in [0.25, 0.3) is 10.3 Å². The van der Waals surface area contributed by atoms with Crippen molar-refractivity contribution in [2.45, 2.75) is 56.3 Å². The summed E-state index contributed by atoms with van der Waals surface area (Å²) in [5.74, 6) is 3.34. The van der Waals surface area contributed by atoms with E-state index in [4.69, 9.17) is 23.2 Å². The van der Waals surface area contributed by atoms with E-state index in [1.807, 2.05) is 29.3 Å². The Balaban J connectivity index is 1.82. The Hall–Kier alpha value is -1.40. The van der Waals surface area contributed by atoms with E-state index in [2.05, 4.69) is 5.98 Å². The van der Waals surface area contributed by atoms with Crippen molar-refractivity contribution in [2.24, 2.45) is 14.1 Å². The topological polar surface area (TPSA) is 8.81 Å². The summed E-state index contributed by atoms with van der Waals surface area (Å²) in [4.78, 5) is 0. The molecule has 162 valence electrons. The van der Waals surface area contributed by atoms with E-state index in [9.17, 15) is 13.2 Å². The fraction of sp³-hybridized carbons (Fsp3) is 0.500. The maximum Gasteiger partial charge on any atom is 0.416 e. The number of hydrogen-bond acceptors (Lipinski definition) is 0. The highest BCUT2D eigenvalue weighted by Gasteiger charge is 2.50. The quantitative estimate of drug-likeness (QED) is 0.384. The van der Waals surface area contributed by atoms with Crippen molar-refractivity contribution in [3.63, 3.8) is 0 Å². The third kappa shape index (κ3) is 3.50. The standard InChI is InChI=1S/C22H26BCl2F3N2/c1-29-19(24)20(25)30(2)21(29)23(17-5-3-6-18(23)8-4-7-17)14-13-15-9-11-16(12-10-15)22(26,27)28/h9-14,17-18H,3-8H2,1-2H3/b14-13-. The molecule has 2 bridgehead atoms. The molecule has 1 aromatic heterocycles. The molecule has 0 saturated carbocycles. The molecule has 2 fully saturated rings. The minimum atomic E-state index is -4.32. The Bertz CT molecular complexity index is 919. The molecule has 0 unspecified atom stereocenters. The van der Waals surface area contributed by atoms with Gasteiger partial charge in [-0.2, -0.15) is 24.8 Å². The van der Waals surface area contributed by atoms with Crippen LogP contribution in [-0.2, 0) is 20.3 Å². The van der Waals surface area contributed by atoms with Crippen molar-refractivity contribution in [3.05, 3.63) is 51.7 Å². The van der Waals surface area contributed by atoms with Crippen LogP contribution in [0.25, 0.3) is 6.08 Å². The van der Waals surface area contributed by atoms with Crippen LogP contribution in [0.3, 0.4) is 0 Å². The van der Waals surface area contributed by atoms with Crippen LogP contribution in [-0.4, -0.2) is 10.7 Å². The highest BCUT2D eigenvalue weighted by molar-refractivity contribution is 6.97. The molecule has 30 heavy (non-hydrogen) atoms. The molecule has 3 heterocycles.